The van der Waals surface area contributed by atoms with Gasteiger partial charge in [0.15, 0.2) is 0 Å². The van der Waals surface area contributed by atoms with Gasteiger partial charge < -0.3 is 10.6 Å². The summed E-state index contributed by atoms with van der Waals surface area (Å²) in [7, 11) is 0. The smallest absolute Gasteiger partial charge is 0.270 e. The maximum Gasteiger partial charge on any atom is 0.270 e. The van der Waals surface area contributed by atoms with Gasteiger partial charge in [-0.15, -0.1) is 0 Å². The number of amides is 1. The van der Waals surface area contributed by atoms with Crippen LogP contribution in [0.3, 0.4) is 0 Å². The van der Waals surface area contributed by atoms with Crippen LogP contribution in [0.2, 0.25) is 0 Å². The Morgan fingerprint density at radius 2 is 1.92 bits per heavy atom. The number of carbonyl (C=O) groups excluding carboxylic acids is 1. The Bertz CT molecular complexity index is 854. The molecule has 5 rings (SSSR count). The van der Waals surface area contributed by atoms with Crippen molar-refractivity contribution in [2.75, 3.05) is 11.9 Å². The Labute approximate surface area is 152 Å². The molecule has 3 heterocycles. The molecule has 0 unspecified atom stereocenters. The van der Waals surface area contributed by atoms with E-state index in [-0.39, 0.29) is 5.91 Å². The van der Waals surface area contributed by atoms with Gasteiger partial charge in [-0.25, -0.2) is 9.97 Å². The van der Waals surface area contributed by atoms with Gasteiger partial charge in [0, 0.05) is 23.7 Å². The SMILES string of the molecule is O=C1NCCc2c(NCc3n[nH]c4c3CCCCC4)nc(C3CC3)nc21. The Kier molecular flexibility index (Phi) is 3.87. The van der Waals surface area contributed by atoms with Crippen LogP contribution in [0.15, 0.2) is 0 Å². The van der Waals surface area contributed by atoms with E-state index in [0.717, 1.165) is 55.0 Å². The number of hydrogen-bond acceptors (Lipinski definition) is 5. The number of hydrogen-bond donors (Lipinski definition) is 3. The molecule has 0 radical (unpaired) electrons. The monoisotopic (exact) mass is 352 g/mol. The standard InChI is InChI=1S/C19H24N6O/c26-19-16-13(8-9-20-19)18(23-17(22-16)11-6-7-11)21-10-15-12-4-2-1-3-5-14(12)24-25-15/h11H,1-10H2,(H,20,26)(H,24,25)(H,21,22,23). The molecule has 0 bridgehead atoms. The van der Waals surface area contributed by atoms with Crippen LogP contribution in [0.25, 0.3) is 0 Å². The molecule has 1 amide bonds. The molecular weight excluding hydrogens is 328 g/mol. The average Bonchev–Trinajstić information content (AvgIpc) is 3.46. The summed E-state index contributed by atoms with van der Waals surface area (Å²) in [6.07, 6.45) is 8.95. The molecule has 0 atom stereocenters. The summed E-state index contributed by atoms with van der Waals surface area (Å²) in [6, 6.07) is 0. The first-order valence-corrected chi connectivity index (χ1v) is 9.77. The number of fused-ring (bicyclic) bond motifs is 2. The lowest BCUT2D eigenvalue weighted by molar-refractivity contribution is 0.0940. The fourth-order valence-electron chi connectivity index (χ4n) is 4.02. The summed E-state index contributed by atoms with van der Waals surface area (Å²) >= 11 is 0. The van der Waals surface area contributed by atoms with Crippen molar-refractivity contribution in [1.82, 2.24) is 25.5 Å². The predicted octanol–water partition coefficient (Wildman–Crippen LogP) is 2.24. The van der Waals surface area contributed by atoms with Crippen molar-refractivity contribution in [2.45, 2.75) is 63.8 Å². The first kappa shape index (κ1) is 15.8. The van der Waals surface area contributed by atoms with Crippen molar-refractivity contribution in [3.63, 3.8) is 0 Å². The third-order valence-corrected chi connectivity index (χ3v) is 5.66. The Morgan fingerprint density at radius 1 is 1.04 bits per heavy atom. The highest BCUT2D eigenvalue weighted by Gasteiger charge is 2.31. The lowest BCUT2D eigenvalue weighted by Crippen LogP contribution is -2.34. The summed E-state index contributed by atoms with van der Waals surface area (Å²) in [5, 5.41) is 14.1. The van der Waals surface area contributed by atoms with Crippen LogP contribution in [-0.4, -0.2) is 32.6 Å². The fourth-order valence-corrected chi connectivity index (χ4v) is 4.02. The highest BCUT2D eigenvalue weighted by Crippen LogP contribution is 2.39. The zero-order valence-corrected chi connectivity index (χ0v) is 14.9. The van der Waals surface area contributed by atoms with Gasteiger partial charge in [-0.3, -0.25) is 9.89 Å². The fraction of sp³-hybridized carbons (Fsp3) is 0.579. The lowest BCUT2D eigenvalue weighted by Gasteiger charge is -2.20. The molecule has 1 aliphatic heterocycles. The number of anilines is 1. The number of aromatic amines is 1. The minimum atomic E-state index is -0.0766. The Balaban J connectivity index is 1.43. The van der Waals surface area contributed by atoms with Crippen molar-refractivity contribution in [1.29, 1.82) is 0 Å². The molecule has 7 heteroatoms. The van der Waals surface area contributed by atoms with Crippen molar-refractivity contribution in [3.05, 3.63) is 34.0 Å². The molecular formula is C19H24N6O. The van der Waals surface area contributed by atoms with Gasteiger partial charge >= 0.3 is 0 Å². The van der Waals surface area contributed by atoms with E-state index < -0.39 is 0 Å². The third kappa shape index (κ3) is 2.85. The van der Waals surface area contributed by atoms with Crippen LogP contribution in [0, 0.1) is 0 Å². The van der Waals surface area contributed by atoms with Gasteiger partial charge in [-0.05, 0) is 50.5 Å². The summed E-state index contributed by atoms with van der Waals surface area (Å²) in [6.45, 7) is 1.28. The van der Waals surface area contributed by atoms with E-state index in [0.29, 0.717) is 24.7 Å². The van der Waals surface area contributed by atoms with Crippen molar-refractivity contribution < 1.29 is 4.79 Å². The van der Waals surface area contributed by atoms with Gasteiger partial charge in [0.1, 0.15) is 17.3 Å². The lowest BCUT2D eigenvalue weighted by atomic mass is 10.1. The quantitative estimate of drug-likeness (QED) is 0.734. The van der Waals surface area contributed by atoms with Crippen molar-refractivity contribution in [2.24, 2.45) is 0 Å². The van der Waals surface area contributed by atoms with Gasteiger partial charge in [0.2, 0.25) is 0 Å². The molecule has 26 heavy (non-hydrogen) atoms. The van der Waals surface area contributed by atoms with Gasteiger partial charge in [0.05, 0.1) is 12.2 Å². The number of rotatable bonds is 4. The van der Waals surface area contributed by atoms with E-state index in [1.54, 1.807) is 0 Å². The minimum absolute atomic E-state index is 0.0766. The molecule has 0 saturated heterocycles. The summed E-state index contributed by atoms with van der Waals surface area (Å²) in [5.41, 5.74) is 5.25. The van der Waals surface area contributed by atoms with Crippen LogP contribution in [0.1, 0.15) is 76.8 Å². The second kappa shape index (κ2) is 6.37. The normalized spacial score (nSPS) is 19.3. The number of aryl methyl sites for hydroxylation is 1. The molecule has 2 aromatic rings. The first-order valence-electron chi connectivity index (χ1n) is 9.77. The summed E-state index contributed by atoms with van der Waals surface area (Å²) < 4.78 is 0. The van der Waals surface area contributed by atoms with E-state index in [4.69, 9.17) is 4.98 Å². The molecule has 1 saturated carbocycles. The first-order chi connectivity index (χ1) is 12.8. The highest BCUT2D eigenvalue weighted by molar-refractivity contribution is 5.96. The van der Waals surface area contributed by atoms with Crippen LogP contribution in [0.5, 0.6) is 0 Å². The molecule has 0 aromatic carbocycles. The average molecular weight is 352 g/mol. The van der Waals surface area contributed by atoms with E-state index >= 15 is 0 Å². The van der Waals surface area contributed by atoms with E-state index in [9.17, 15) is 4.79 Å². The number of aromatic nitrogens is 4. The predicted molar refractivity (Wildman–Crippen MR) is 97.2 cm³/mol. The van der Waals surface area contributed by atoms with Crippen LogP contribution in [0.4, 0.5) is 5.82 Å². The molecule has 7 nitrogen and oxygen atoms in total. The molecule has 2 aliphatic carbocycles. The third-order valence-electron chi connectivity index (χ3n) is 5.66. The molecule has 136 valence electrons. The number of nitrogens with one attached hydrogen (secondary N) is 3. The summed E-state index contributed by atoms with van der Waals surface area (Å²) in [4.78, 5) is 21.6. The molecule has 3 N–H and O–H groups in total. The zero-order valence-electron chi connectivity index (χ0n) is 14.9. The van der Waals surface area contributed by atoms with Crippen LogP contribution >= 0.6 is 0 Å². The number of nitrogens with zero attached hydrogens (tertiary/aromatic N) is 3. The van der Waals surface area contributed by atoms with Gasteiger partial charge in [0.25, 0.3) is 5.91 Å². The second-order valence-electron chi connectivity index (χ2n) is 7.58. The minimum Gasteiger partial charge on any atom is -0.364 e. The van der Waals surface area contributed by atoms with E-state index in [1.807, 2.05) is 0 Å². The van der Waals surface area contributed by atoms with Crippen molar-refractivity contribution >= 4 is 11.7 Å². The topological polar surface area (TPSA) is 95.6 Å². The number of H-pyrrole nitrogens is 1. The maximum absolute atomic E-state index is 12.2. The number of carbonyl (C=O) groups is 1. The zero-order chi connectivity index (χ0) is 17.5. The van der Waals surface area contributed by atoms with E-state index in [1.165, 1.54) is 30.5 Å². The largest absolute Gasteiger partial charge is 0.364 e. The van der Waals surface area contributed by atoms with Crippen molar-refractivity contribution in [3.8, 4) is 0 Å². The molecule has 0 spiro atoms. The van der Waals surface area contributed by atoms with Gasteiger partial charge in [-0.2, -0.15) is 5.10 Å². The van der Waals surface area contributed by atoms with Crippen LogP contribution < -0.4 is 10.6 Å². The Hall–Kier alpha value is -2.44. The maximum atomic E-state index is 12.2. The van der Waals surface area contributed by atoms with E-state index in [2.05, 4.69) is 25.8 Å². The molecule has 2 aromatic heterocycles. The second-order valence-corrected chi connectivity index (χ2v) is 7.58. The summed E-state index contributed by atoms with van der Waals surface area (Å²) in [5.74, 6) is 1.96. The van der Waals surface area contributed by atoms with Crippen LogP contribution in [-0.2, 0) is 25.8 Å². The highest BCUT2D eigenvalue weighted by atomic mass is 16.1. The Morgan fingerprint density at radius 3 is 2.81 bits per heavy atom. The molecule has 3 aliphatic rings. The van der Waals surface area contributed by atoms with Gasteiger partial charge in [-0.1, -0.05) is 6.42 Å². The molecule has 1 fully saturated rings.